The van der Waals surface area contributed by atoms with E-state index < -0.39 is 0 Å². The van der Waals surface area contributed by atoms with Crippen molar-refractivity contribution in [2.45, 2.75) is 49.8 Å². The summed E-state index contributed by atoms with van der Waals surface area (Å²) in [4.78, 5) is 15.4. The summed E-state index contributed by atoms with van der Waals surface area (Å²) in [6.45, 7) is 7.43. The van der Waals surface area contributed by atoms with Crippen LogP contribution in [0.1, 0.15) is 45.1 Å². The Morgan fingerprint density at radius 2 is 1.91 bits per heavy atom. The van der Waals surface area contributed by atoms with Gasteiger partial charge in [0.15, 0.2) is 10.1 Å². The molecule has 1 fully saturated rings. The minimum atomic E-state index is -0.0510. The van der Waals surface area contributed by atoms with E-state index in [0.717, 1.165) is 44.5 Å². The second kappa shape index (κ2) is 9.80. The molecule has 4 aromatic rings. The van der Waals surface area contributed by atoms with Crippen molar-refractivity contribution in [2.24, 2.45) is 0 Å². The van der Waals surface area contributed by atoms with E-state index in [4.69, 9.17) is 9.15 Å². The van der Waals surface area contributed by atoms with Gasteiger partial charge in [-0.1, -0.05) is 47.4 Å². The maximum atomic E-state index is 13.5. The number of amides is 1. The summed E-state index contributed by atoms with van der Waals surface area (Å²) in [6.07, 6.45) is 1.71. The van der Waals surface area contributed by atoms with Gasteiger partial charge in [-0.15, -0.1) is 10.2 Å². The number of para-hydroxylation sites is 1. The first kappa shape index (κ1) is 22.9. The molecular weight excluding hydrogens is 466 g/mol. The number of hydrogen-bond donors (Lipinski definition) is 0. The first-order chi connectivity index (χ1) is 16.5. The Morgan fingerprint density at radius 3 is 2.65 bits per heavy atom. The SMILES string of the molecule is Cc1nnc(SCc2c(C(=O)N3CCC(Oc4ccc(C)c(C)c4)CC3)oc3ccccc23)s1. The second-order valence-electron chi connectivity index (χ2n) is 8.64. The lowest BCUT2D eigenvalue weighted by Crippen LogP contribution is -2.41. The number of fused-ring (bicyclic) bond motifs is 1. The summed E-state index contributed by atoms with van der Waals surface area (Å²) in [7, 11) is 0. The zero-order chi connectivity index (χ0) is 23.7. The maximum Gasteiger partial charge on any atom is 0.289 e. The van der Waals surface area contributed by atoms with Gasteiger partial charge in [-0.25, -0.2) is 0 Å². The van der Waals surface area contributed by atoms with Crippen LogP contribution in [-0.2, 0) is 5.75 Å². The lowest BCUT2D eigenvalue weighted by Gasteiger charge is -2.32. The van der Waals surface area contributed by atoms with Gasteiger partial charge >= 0.3 is 0 Å². The molecule has 0 bridgehead atoms. The molecule has 5 rings (SSSR count). The van der Waals surface area contributed by atoms with Crippen LogP contribution >= 0.6 is 23.1 Å². The first-order valence-corrected chi connectivity index (χ1v) is 13.2. The molecule has 0 N–H and O–H groups in total. The second-order valence-corrected chi connectivity index (χ2v) is 11.0. The molecule has 1 saturated heterocycles. The van der Waals surface area contributed by atoms with Crippen LogP contribution in [0, 0.1) is 20.8 Å². The molecule has 0 unspecified atom stereocenters. The quantitative estimate of drug-likeness (QED) is 0.299. The van der Waals surface area contributed by atoms with E-state index in [1.165, 1.54) is 11.1 Å². The standard InChI is InChI=1S/C26H27N3O3S2/c1-16-8-9-20(14-17(16)2)31-19-10-12-29(13-11-19)25(30)24-22(15-33-26-28-27-18(3)34-26)21-6-4-5-7-23(21)32-24/h4-9,14,19H,10-13,15H2,1-3H3. The minimum Gasteiger partial charge on any atom is -0.490 e. The molecule has 2 aromatic heterocycles. The van der Waals surface area contributed by atoms with Crippen molar-refractivity contribution in [3.63, 3.8) is 0 Å². The topological polar surface area (TPSA) is 68.5 Å². The molecule has 1 aliphatic heterocycles. The Balaban J connectivity index is 1.29. The van der Waals surface area contributed by atoms with Crippen LogP contribution in [0.4, 0.5) is 0 Å². The molecule has 8 heteroatoms. The van der Waals surface area contributed by atoms with Crippen LogP contribution < -0.4 is 4.74 Å². The van der Waals surface area contributed by atoms with Crippen LogP contribution in [0.3, 0.4) is 0 Å². The molecule has 3 heterocycles. The minimum absolute atomic E-state index is 0.0510. The van der Waals surface area contributed by atoms with Crippen LogP contribution in [0.5, 0.6) is 5.75 Å². The van der Waals surface area contributed by atoms with Crippen molar-refractivity contribution in [3.05, 3.63) is 69.9 Å². The molecule has 0 radical (unpaired) electrons. The van der Waals surface area contributed by atoms with Gasteiger partial charge in [-0.2, -0.15) is 0 Å². The molecule has 0 atom stereocenters. The summed E-state index contributed by atoms with van der Waals surface area (Å²) in [5.74, 6) is 1.89. The third kappa shape index (κ3) is 4.83. The highest BCUT2D eigenvalue weighted by molar-refractivity contribution is 8.00. The van der Waals surface area contributed by atoms with Crippen molar-refractivity contribution in [2.75, 3.05) is 13.1 Å². The highest BCUT2D eigenvalue weighted by Crippen LogP contribution is 2.34. The number of ether oxygens (including phenoxy) is 1. The van der Waals surface area contributed by atoms with Crippen molar-refractivity contribution in [1.29, 1.82) is 0 Å². The summed E-state index contributed by atoms with van der Waals surface area (Å²) in [5, 5.41) is 10.2. The summed E-state index contributed by atoms with van der Waals surface area (Å²) < 4.78 is 13.2. The highest BCUT2D eigenvalue weighted by atomic mass is 32.2. The number of likely N-dealkylation sites (tertiary alicyclic amines) is 1. The third-order valence-electron chi connectivity index (χ3n) is 6.25. The Hall–Kier alpha value is -2.84. The van der Waals surface area contributed by atoms with Gasteiger partial charge < -0.3 is 14.1 Å². The Bertz CT molecular complexity index is 1320. The molecule has 0 saturated carbocycles. The largest absolute Gasteiger partial charge is 0.490 e. The van der Waals surface area contributed by atoms with Crippen LogP contribution in [0.2, 0.25) is 0 Å². The third-order valence-corrected chi connectivity index (χ3v) is 8.25. The van der Waals surface area contributed by atoms with Crippen molar-refractivity contribution in [3.8, 4) is 5.75 Å². The lowest BCUT2D eigenvalue weighted by atomic mass is 10.1. The normalized spacial score (nSPS) is 14.6. The average molecular weight is 494 g/mol. The number of piperidine rings is 1. The fourth-order valence-electron chi connectivity index (χ4n) is 4.19. The molecule has 2 aromatic carbocycles. The zero-order valence-corrected chi connectivity index (χ0v) is 21.2. The molecule has 6 nitrogen and oxygen atoms in total. The summed E-state index contributed by atoms with van der Waals surface area (Å²) in [5.41, 5.74) is 4.15. The van der Waals surface area contributed by atoms with Gasteiger partial charge in [-0.3, -0.25) is 4.79 Å². The number of thioether (sulfide) groups is 1. The van der Waals surface area contributed by atoms with Gasteiger partial charge in [0.05, 0.1) is 0 Å². The maximum absolute atomic E-state index is 13.5. The monoisotopic (exact) mass is 493 g/mol. The van der Waals surface area contributed by atoms with E-state index in [1.807, 2.05) is 42.2 Å². The number of rotatable bonds is 6. The van der Waals surface area contributed by atoms with Crippen LogP contribution in [0.25, 0.3) is 11.0 Å². The van der Waals surface area contributed by atoms with E-state index in [9.17, 15) is 4.79 Å². The van der Waals surface area contributed by atoms with Gasteiger partial charge in [0, 0.05) is 42.6 Å². The highest BCUT2D eigenvalue weighted by Gasteiger charge is 2.29. The van der Waals surface area contributed by atoms with Crippen molar-refractivity contribution < 1.29 is 13.9 Å². The first-order valence-electron chi connectivity index (χ1n) is 11.4. The molecular formula is C26H27N3O3S2. The molecule has 0 spiro atoms. The fourth-order valence-corrected chi connectivity index (χ4v) is 6.03. The number of benzene rings is 2. The van der Waals surface area contributed by atoms with Gasteiger partial charge in [0.25, 0.3) is 5.91 Å². The van der Waals surface area contributed by atoms with E-state index >= 15 is 0 Å². The van der Waals surface area contributed by atoms with Crippen LogP contribution in [0.15, 0.2) is 51.2 Å². The van der Waals surface area contributed by atoms with Crippen LogP contribution in [-0.4, -0.2) is 40.2 Å². The van der Waals surface area contributed by atoms with E-state index in [-0.39, 0.29) is 12.0 Å². The van der Waals surface area contributed by atoms with E-state index in [0.29, 0.717) is 24.6 Å². The molecule has 0 aliphatic carbocycles. The summed E-state index contributed by atoms with van der Waals surface area (Å²) in [6, 6.07) is 14.0. The smallest absolute Gasteiger partial charge is 0.289 e. The van der Waals surface area contributed by atoms with Crippen molar-refractivity contribution >= 4 is 40.0 Å². The van der Waals surface area contributed by atoms with Gasteiger partial charge in [-0.05, 0) is 50.1 Å². The predicted molar refractivity (Wildman–Crippen MR) is 136 cm³/mol. The number of aryl methyl sites for hydroxylation is 3. The molecule has 1 amide bonds. The lowest BCUT2D eigenvalue weighted by molar-refractivity contribution is 0.0568. The Labute approximate surface area is 207 Å². The Morgan fingerprint density at radius 1 is 1.12 bits per heavy atom. The number of carbonyl (C=O) groups excluding carboxylic acids is 1. The number of furan rings is 1. The number of aromatic nitrogens is 2. The van der Waals surface area contributed by atoms with Gasteiger partial charge in [0.2, 0.25) is 0 Å². The summed E-state index contributed by atoms with van der Waals surface area (Å²) >= 11 is 3.15. The van der Waals surface area contributed by atoms with Crippen molar-refractivity contribution in [1.82, 2.24) is 15.1 Å². The molecule has 176 valence electrons. The van der Waals surface area contributed by atoms with E-state index in [1.54, 1.807) is 23.1 Å². The zero-order valence-electron chi connectivity index (χ0n) is 19.5. The Kier molecular flexibility index (Phi) is 6.61. The number of nitrogens with zero attached hydrogens (tertiary/aromatic N) is 3. The van der Waals surface area contributed by atoms with Gasteiger partial charge in [0.1, 0.15) is 22.4 Å². The molecule has 34 heavy (non-hydrogen) atoms. The fraction of sp³-hybridized carbons (Fsp3) is 0.346. The predicted octanol–water partition coefficient (Wildman–Crippen LogP) is 6.19. The average Bonchev–Trinajstić information content (AvgIpc) is 3.43. The van der Waals surface area contributed by atoms with E-state index in [2.05, 4.69) is 36.2 Å². The number of carbonyl (C=O) groups is 1. The molecule has 1 aliphatic rings. The number of hydrogen-bond acceptors (Lipinski definition) is 7.